The fourth-order valence-electron chi connectivity index (χ4n) is 3.88. The lowest BCUT2D eigenvalue weighted by molar-refractivity contribution is -0.384. The van der Waals surface area contributed by atoms with Crippen molar-refractivity contribution in [2.24, 2.45) is 11.1 Å². The molecule has 27 heavy (non-hydrogen) atoms. The van der Waals surface area contributed by atoms with Gasteiger partial charge in [-0.1, -0.05) is 46.1 Å². The molecule has 1 aromatic rings. The van der Waals surface area contributed by atoms with E-state index in [2.05, 4.69) is 23.9 Å². The first-order valence-corrected chi connectivity index (χ1v) is 9.74. The zero-order valence-corrected chi connectivity index (χ0v) is 16.4. The van der Waals surface area contributed by atoms with Crippen molar-refractivity contribution < 1.29 is 9.72 Å². The van der Waals surface area contributed by atoms with Gasteiger partial charge < -0.3 is 4.90 Å². The third-order valence-electron chi connectivity index (χ3n) is 5.23. The molecule has 0 aromatic heterocycles. The van der Waals surface area contributed by atoms with Gasteiger partial charge in [-0.05, 0) is 36.3 Å². The minimum Gasteiger partial charge on any atom is -0.363 e. The van der Waals surface area contributed by atoms with Crippen LogP contribution >= 0.6 is 0 Å². The summed E-state index contributed by atoms with van der Waals surface area (Å²) in [6.45, 7) is 6.79. The summed E-state index contributed by atoms with van der Waals surface area (Å²) >= 11 is 0. The normalized spacial score (nSPS) is 16.1. The number of hydrogen-bond donors (Lipinski definition) is 0. The van der Waals surface area contributed by atoms with Crippen molar-refractivity contribution in [3.63, 3.8) is 0 Å². The van der Waals surface area contributed by atoms with Gasteiger partial charge in [0.1, 0.15) is 5.69 Å². The van der Waals surface area contributed by atoms with Crippen molar-refractivity contribution >= 4 is 17.3 Å². The van der Waals surface area contributed by atoms with Crippen molar-refractivity contribution in [3.05, 3.63) is 38.8 Å². The van der Waals surface area contributed by atoms with Crippen LogP contribution in [0, 0.1) is 20.9 Å². The molecule has 0 spiro atoms. The minimum atomic E-state index is -0.738. The largest absolute Gasteiger partial charge is 0.363 e. The van der Waals surface area contributed by atoms with Crippen molar-refractivity contribution in [2.45, 2.75) is 71.3 Å². The molecular weight excluding hydrogens is 346 g/mol. The molecule has 1 fully saturated rings. The molecule has 7 nitrogen and oxygen atoms in total. The second-order valence-electron chi connectivity index (χ2n) is 7.93. The third-order valence-corrected chi connectivity index (χ3v) is 5.23. The van der Waals surface area contributed by atoms with Crippen molar-refractivity contribution in [2.75, 3.05) is 11.4 Å². The van der Waals surface area contributed by atoms with Crippen LogP contribution in [0.25, 0.3) is 0 Å². The summed E-state index contributed by atoms with van der Waals surface area (Å²) in [5.74, 6) is -0.643. The molecule has 7 heteroatoms. The maximum atomic E-state index is 11.8. The number of anilines is 1. The summed E-state index contributed by atoms with van der Waals surface area (Å²) in [6, 6.07) is 5.51. The molecule has 2 rings (SSSR count). The minimum absolute atomic E-state index is 0.0433. The molecular formula is C20H29N3O4. The Bertz CT molecular complexity index is 684. The molecule has 1 aliphatic rings. The van der Waals surface area contributed by atoms with E-state index in [1.54, 1.807) is 19.1 Å². The smallest absolute Gasteiger partial charge is 0.292 e. The number of nitro groups is 1. The topological polar surface area (TPSA) is 92.9 Å². The number of rotatable bonds is 8. The maximum absolute atomic E-state index is 11.8. The summed E-state index contributed by atoms with van der Waals surface area (Å²) in [7, 11) is 0. The van der Waals surface area contributed by atoms with E-state index in [1.165, 1.54) is 6.42 Å². The number of nitro benzene ring substituents is 1. The molecule has 148 valence electrons. The molecule has 0 saturated heterocycles. The Labute approximate surface area is 160 Å². The van der Waals surface area contributed by atoms with Crippen molar-refractivity contribution in [1.29, 1.82) is 0 Å². The fourth-order valence-corrected chi connectivity index (χ4v) is 3.88. The van der Waals surface area contributed by atoms with Gasteiger partial charge in [-0.2, -0.15) is 0 Å². The van der Waals surface area contributed by atoms with E-state index >= 15 is 0 Å². The fraction of sp³-hybridized carbons (Fsp3) is 0.650. The summed E-state index contributed by atoms with van der Waals surface area (Å²) in [5, 5.41) is 14.2. The van der Waals surface area contributed by atoms with E-state index < -0.39 is 5.91 Å². The molecule has 1 atom stereocenters. The van der Waals surface area contributed by atoms with Crippen LogP contribution in [-0.2, 0) is 4.79 Å². The van der Waals surface area contributed by atoms with Gasteiger partial charge in [-0.3, -0.25) is 14.9 Å². The Morgan fingerprint density at radius 3 is 2.48 bits per heavy atom. The summed E-state index contributed by atoms with van der Waals surface area (Å²) in [5.41, 5.74) is 1.39. The van der Waals surface area contributed by atoms with Crippen molar-refractivity contribution in [1.82, 2.24) is 0 Å². The second-order valence-corrected chi connectivity index (χ2v) is 7.93. The number of nitroso groups, excluding NO2 is 1. The van der Waals surface area contributed by atoms with Crippen LogP contribution in [0.1, 0.15) is 70.8 Å². The highest BCUT2D eigenvalue weighted by Gasteiger charge is 2.28. The lowest BCUT2D eigenvalue weighted by Crippen LogP contribution is -2.39. The van der Waals surface area contributed by atoms with E-state index in [1.807, 2.05) is 6.07 Å². The zero-order chi connectivity index (χ0) is 20.0. The highest BCUT2D eigenvalue weighted by molar-refractivity contribution is 5.77. The molecule has 0 radical (unpaired) electrons. The first-order valence-electron chi connectivity index (χ1n) is 9.74. The molecule has 0 bridgehead atoms. The van der Waals surface area contributed by atoms with E-state index in [4.69, 9.17) is 0 Å². The number of hydrogen-bond acceptors (Lipinski definition) is 5. The molecule has 1 unspecified atom stereocenters. The Morgan fingerprint density at radius 2 is 1.93 bits per heavy atom. The lowest BCUT2D eigenvalue weighted by Gasteiger charge is -2.37. The van der Waals surface area contributed by atoms with E-state index in [0.717, 1.165) is 32.2 Å². The average molecular weight is 375 g/mol. The van der Waals surface area contributed by atoms with Crippen LogP contribution in [0.5, 0.6) is 0 Å². The highest BCUT2D eigenvalue weighted by atomic mass is 16.6. The first kappa shape index (κ1) is 21.0. The highest BCUT2D eigenvalue weighted by Crippen LogP contribution is 2.36. The van der Waals surface area contributed by atoms with Crippen LogP contribution in [0.15, 0.2) is 23.4 Å². The predicted molar refractivity (Wildman–Crippen MR) is 106 cm³/mol. The van der Waals surface area contributed by atoms with Gasteiger partial charge in [-0.25, -0.2) is 0 Å². The van der Waals surface area contributed by atoms with Crippen molar-refractivity contribution in [3.8, 4) is 0 Å². The van der Waals surface area contributed by atoms with Crippen LogP contribution in [-0.4, -0.2) is 23.4 Å². The first-order chi connectivity index (χ1) is 12.8. The van der Waals surface area contributed by atoms with E-state index in [9.17, 15) is 19.8 Å². The third kappa shape index (κ3) is 5.58. The van der Waals surface area contributed by atoms with E-state index in [0.29, 0.717) is 23.2 Å². The SMILES string of the molecule is CC(C)CN(c1ccc(C(C)CC(=O)N=O)cc1[N+](=O)[O-])C1CCCCC1. The zero-order valence-electron chi connectivity index (χ0n) is 16.4. The Balaban J connectivity index is 2.38. The van der Waals surface area contributed by atoms with Gasteiger partial charge in [-0.15, -0.1) is 4.91 Å². The van der Waals surface area contributed by atoms with Gasteiger partial charge in [0.15, 0.2) is 0 Å². The lowest BCUT2D eigenvalue weighted by atomic mass is 9.92. The van der Waals surface area contributed by atoms with Crippen LogP contribution < -0.4 is 4.90 Å². The monoisotopic (exact) mass is 375 g/mol. The summed E-state index contributed by atoms with van der Waals surface area (Å²) in [6.07, 6.45) is 5.61. The number of benzene rings is 1. The Hall–Kier alpha value is -2.31. The second kappa shape index (κ2) is 9.58. The Morgan fingerprint density at radius 1 is 1.26 bits per heavy atom. The number of carbonyl (C=O) groups is 1. The summed E-state index contributed by atoms with van der Waals surface area (Å²) in [4.78, 5) is 35.3. The Kier molecular flexibility index (Phi) is 7.45. The van der Waals surface area contributed by atoms with Gasteiger partial charge in [0.05, 0.1) is 4.92 Å². The predicted octanol–water partition coefficient (Wildman–Crippen LogP) is 5.18. The van der Waals surface area contributed by atoms with Gasteiger partial charge in [0, 0.05) is 30.3 Å². The average Bonchev–Trinajstić information content (AvgIpc) is 2.66. The van der Waals surface area contributed by atoms with Crippen LogP contribution in [0.2, 0.25) is 0 Å². The molecule has 0 heterocycles. The van der Waals surface area contributed by atoms with Crippen LogP contribution in [0.4, 0.5) is 11.4 Å². The molecule has 1 saturated carbocycles. The summed E-state index contributed by atoms with van der Waals surface area (Å²) < 4.78 is 0. The van der Waals surface area contributed by atoms with E-state index in [-0.39, 0.29) is 22.9 Å². The quantitative estimate of drug-likeness (QED) is 0.355. The molecule has 0 N–H and O–H groups in total. The molecule has 0 aliphatic heterocycles. The number of carbonyl (C=O) groups excluding carboxylic acids is 1. The molecule has 1 aromatic carbocycles. The van der Waals surface area contributed by atoms with Gasteiger partial charge in [0.25, 0.3) is 11.6 Å². The standard InChI is InChI=1S/C20H29N3O4/c1-14(2)13-22(17-7-5-4-6-8-17)18-10-9-16(12-19(18)23(26)27)15(3)11-20(24)21-25/h9-10,12,14-15,17H,4-8,11,13H2,1-3H3. The molecule has 1 amide bonds. The maximum Gasteiger partial charge on any atom is 0.292 e. The van der Waals surface area contributed by atoms with Crippen LogP contribution in [0.3, 0.4) is 0 Å². The molecule has 1 aliphatic carbocycles. The number of nitrogens with zero attached hydrogens (tertiary/aromatic N) is 3. The van der Waals surface area contributed by atoms with Gasteiger partial charge >= 0.3 is 0 Å². The van der Waals surface area contributed by atoms with Gasteiger partial charge in [0.2, 0.25) is 0 Å². The number of amides is 1.